The van der Waals surface area contributed by atoms with E-state index in [2.05, 4.69) is 23.6 Å². The first kappa shape index (κ1) is 15.4. The summed E-state index contributed by atoms with van der Waals surface area (Å²) in [5, 5.41) is 0.0712. The Morgan fingerprint density at radius 2 is 2.15 bits per heavy atom. The summed E-state index contributed by atoms with van der Waals surface area (Å²) in [5.74, 6) is 0.980. The minimum Gasteiger partial charge on any atom is -0.326 e. The highest BCUT2D eigenvalue weighted by molar-refractivity contribution is 7.89. The van der Waals surface area contributed by atoms with Crippen molar-refractivity contribution in [2.75, 3.05) is 0 Å². The molecule has 20 heavy (non-hydrogen) atoms. The molecule has 1 aromatic heterocycles. The van der Waals surface area contributed by atoms with Gasteiger partial charge in [0.2, 0.25) is 0 Å². The number of nitrogens with two attached hydrogens (primary N) is 1. The molecule has 0 bridgehead atoms. The van der Waals surface area contributed by atoms with Crippen LogP contribution in [0.1, 0.15) is 38.7 Å². The van der Waals surface area contributed by atoms with Gasteiger partial charge in [-0.05, 0) is 36.3 Å². The molecule has 0 saturated heterocycles. The minimum absolute atomic E-state index is 0.0148. The SMILES string of the molecule is CCC1CCC(NS(=O)(=O)c2ccc(CN)cn2)C1C. The van der Waals surface area contributed by atoms with Gasteiger partial charge in [0.25, 0.3) is 10.0 Å². The van der Waals surface area contributed by atoms with Crippen molar-refractivity contribution in [2.24, 2.45) is 17.6 Å². The zero-order chi connectivity index (χ0) is 14.8. The van der Waals surface area contributed by atoms with Gasteiger partial charge >= 0.3 is 0 Å². The van der Waals surface area contributed by atoms with E-state index in [9.17, 15) is 8.42 Å². The van der Waals surface area contributed by atoms with E-state index in [1.165, 1.54) is 12.3 Å². The topological polar surface area (TPSA) is 85.1 Å². The van der Waals surface area contributed by atoms with Gasteiger partial charge in [-0.25, -0.2) is 18.1 Å². The van der Waals surface area contributed by atoms with Gasteiger partial charge in [0.15, 0.2) is 5.03 Å². The molecule has 1 aliphatic carbocycles. The van der Waals surface area contributed by atoms with Crippen LogP contribution in [-0.4, -0.2) is 19.4 Å². The van der Waals surface area contributed by atoms with Crippen LogP contribution >= 0.6 is 0 Å². The summed E-state index contributed by atoms with van der Waals surface area (Å²) in [6.07, 6.45) is 4.61. The van der Waals surface area contributed by atoms with Gasteiger partial charge < -0.3 is 5.73 Å². The Morgan fingerprint density at radius 3 is 2.65 bits per heavy atom. The first-order valence-corrected chi connectivity index (χ1v) is 8.63. The van der Waals surface area contributed by atoms with Gasteiger partial charge in [-0.2, -0.15) is 0 Å². The number of aromatic nitrogens is 1. The number of hydrogen-bond donors (Lipinski definition) is 2. The van der Waals surface area contributed by atoms with Crippen LogP contribution in [-0.2, 0) is 16.6 Å². The lowest BCUT2D eigenvalue weighted by Gasteiger charge is -2.20. The third-order valence-corrected chi connectivity index (χ3v) is 5.77. The van der Waals surface area contributed by atoms with Gasteiger partial charge in [0.05, 0.1) is 0 Å². The average molecular weight is 297 g/mol. The molecule has 0 amide bonds. The molecule has 3 atom stereocenters. The first-order chi connectivity index (χ1) is 9.47. The van der Waals surface area contributed by atoms with Crippen LogP contribution in [0.2, 0.25) is 0 Å². The van der Waals surface area contributed by atoms with Gasteiger partial charge in [-0.15, -0.1) is 0 Å². The van der Waals surface area contributed by atoms with Crippen molar-refractivity contribution < 1.29 is 8.42 Å². The summed E-state index contributed by atoms with van der Waals surface area (Å²) in [7, 11) is -3.54. The summed E-state index contributed by atoms with van der Waals surface area (Å²) in [4.78, 5) is 4.00. The zero-order valence-electron chi connectivity index (χ0n) is 12.0. The largest absolute Gasteiger partial charge is 0.326 e. The second-order valence-corrected chi connectivity index (χ2v) is 7.20. The molecule has 0 aromatic carbocycles. The van der Waals surface area contributed by atoms with E-state index < -0.39 is 10.0 Å². The number of nitrogens with zero attached hydrogens (tertiary/aromatic N) is 1. The quantitative estimate of drug-likeness (QED) is 0.865. The van der Waals surface area contributed by atoms with Crippen LogP contribution in [0.5, 0.6) is 0 Å². The van der Waals surface area contributed by atoms with E-state index in [1.807, 2.05) is 0 Å². The molecule has 1 saturated carbocycles. The van der Waals surface area contributed by atoms with Crippen molar-refractivity contribution in [1.82, 2.24) is 9.71 Å². The molecule has 0 radical (unpaired) electrons. The number of rotatable bonds is 5. The van der Waals surface area contributed by atoms with Crippen LogP contribution in [0.15, 0.2) is 23.4 Å². The van der Waals surface area contributed by atoms with Crippen molar-refractivity contribution >= 4 is 10.0 Å². The van der Waals surface area contributed by atoms with Gasteiger partial charge in [-0.1, -0.05) is 26.3 Å². The summed E-state index contributed by atoms with van der Waals surface area (Å²) in [6, 6.07) is 3.23. The molecule has 0 spiro atoms. The number of hydrogen-bond acceptors (Lipinski definition) is 4. The van der Waals surface area contributed by atoms with Gasteiger partial charge in [0.1, 0.15) is 0 Å². The molecule has 1 fully saturated rings. The second kappa shape index (κ2) is 6.20. The van der Waals surface area contributed by atoms with Crippen molar-refractivity contribution in [1.29, 1.82) is 0 Å². The molecule has 1 aromatic rings. The highest BCUT2D eigenvalue weighted by Crippen LogP contribution is 2.34. The highest BCUT2D eigenvalue weighted by atomic mass is 32.2. The predicted molar refractivity (Wildman–Crippen MR) is 78.4 cm³/mol. The third-order valence-electron chi connectivity index (χ3n) is 4.37. The van der Waals surface area contributed by atoms with Crippen LogP contribution in [0, 0.1) is 11.8 Å². The lowest BCUT2D eigenvalue weighted by Crippen LogP contribution is -2.37. The first-order valence-electron chi connectivity index (χ1n) is 7.15. The van der Waals surface area contributed by atoms with E-state index in [-0.39, 0.29) is 11.1 Å². The van der Waals surface area contributed by atoms with Crippen molar-refractivity contribution in [3.05, 3.63) is 23.9 Å². The normalized spacial score (nSPS) is 26.9. The van der Waals surface area contributed by atoms with Crippen molar-refractivity contribution in [3.63, 3.8) is 0 Å². The van der Waals surface area contributed by atoms with E-state index >= 15 is 0 Å². The Hall–Kier alpha value is -0.980. The Labute approximate surface area is 121 Å². The molecule has 1 heterocycles. The van der Waals surface area contributed by atoms with E-state index in [1.54, 1.807) is 6.07 Å². The number of nitrogens with one attached hydrogen (secondary N) is 1. The van der Waals surface area contributed by atoms with Gasteiger partial charge in [-0.3, -0.25) is 0 Å². The van der Waals surface area contributed by atoms with E-state index in [4.69, 9.17) is 5.73 Å². The summed E-state index contributed by atoms with van der Waals surface area (Å²) >= 11 is 0. The van der Waals surface area contributed by atoms with Crippen molar-refractivity contribution in [2.45, 2.75) is 50.7 Å². The Balaban J connectivity index is 2.11. The monoisotopic (exact) mass is 297 g/mol. The molecule has 112 valence electrons. The third kappa shape index (κ3) is 3.19. The molecule has 3 N–H and O–H groups in total. The standard InChI is InChI=1S/C14H23N3O2S/c1-3-12-5-6-13(10(12)2)17-20(18,19)14-7-4-11(8-15)9-16-14/h4,7,9-10,12-13,17H,3,5-6,8,15H2,1-2H3. The summed E-state index contributed by atoms with van der Waals surface area (Å²) in [5.41, 5.74) is 6.31. The molecular weight excluding hydrogens is 274 g/mol. The maximum absolute atomic E-state index is 12.3. The Kier molecular flexibility index (Phi) is 4.78. The lowest BCUT2D eigenvalue weighted by molar-refractivity contribution is 0.368. The molecular formula is C14H23N3O2S. The molecule has 3 unspecified atom stereocenters. The fraction of sp³-hybridized carbons (Fsp3) is 0.643. The van der Waals surface area contributed by atoms with Crippen molar-refractivity contribution in [3.8, 4) is 0 Å². The Bertz CT molecular complexity index is 542. The summed E-state index contributed by atoms with van der Waals surface area (Å²) < 4.78 is 27.4. The van der Waals surface area contributed by atoms with Gasteiger partial charge in [0, 0.05) is 18.8 Å². The molecule has 1 aliphatic rings. The fourth-order valence-electron chi connectivity index (χ4n) is 2.94. The molecule has 5 nitrogen and oxygen atoms in total. The van der Waals surface area contributed by atoms with E-state index in [0.717, 1.165) is 24.8 Å². The molecule has 6 heteroatoms. The molecule has 0 aliphatic heterocycles. The minimum atomic E-state index is -3.54. The fourth-order valence-corrected chi connectivity index (χ4v) is 4.23. The lowest BCUT2D eigenvalue weighted by atomic mass is 9.94. The van der Waals surface area contributed by atoms with Crippen LogP contribution < -0.4 is 10.5 Å². The number of sulfonamides is 1. The van der Waals surface area contributed by atoms with Crippen LogP contribution in [0.3, 0.4) is 0 Å². The number of pyridine rings is 1. The zero-order valence-corrected chi connectivity index (χ0v) is 12.9. The second-order valence-electron chi connectivity index (χ2n) is 5.54. The molecule has 2 rings (SSSR count). The van der Waals surface area contributed by atoms with E-state index in [0.29, 0.717) is 18.4 Å². The van der Waals surface area contributed by atoms with Crippen LogP contribution in [0.25, 0.3) is 0 Å². The van der Waals surface area contributed by atoms with Crippen LogP contribution in [0.4, 0.5) is 0 Å². The highest BCUT2D eigenvalue weighted by Gasteiger charge is 2.34. The Morgan fingerprint density at radius 1 is 1.40 bits per heavy atom. The summed E-state index contributed by atoms with van der Waals surface area (Å²) in [6.45, 7) is 4.64. The average Bonchev–Trinajstić information content (AvgIpc) is 2.79. The maximum atomic E-state index is 12.3. The predicted octanol–water partition coefficient (Wildman–Crippen LogP) is 1.64. The smallest absolute Gasteiger partial charge is 0.258 e. The maximum Gasteiger partial charge on any atom is 0.258 e.